The fourth-order valence-corrected chi connectivity index (χ4v) is 3.55. The van der Waals surface area contributed by atoms with Gasteiger partial charge in [-0.2, -0.15) is 0 Å². The van der Waals surface area contributed by atoms with Gasteiger partial charge in [-0.15, -0.1) is 0 Å². The van der Waals surface area contributed by atoms with Crippen molar-refractivity contribution in [2.75, 3.05) is 60.3 Å². The van der Waals surface area contributed by atoms with Gasteiger partial charge in [-0.25, -0.2) is 0 Å². The number of aliphatic imine (C=N–C) groups is 1. The number of halogens is 1. The Morgan fingerprint density at radius 1 is 1.11 bits per heavy atom. The van der Waals surface area contributed by atoms with E-state index in [1.54, 1.807) is 20.2 Å². The zero-order valence-corrected chi connectivity index (χ0v) is 30.0. The van der Waals surface area contributed by atoms with Crippen LogP contribution in [0.15, 0.2) is 95.6 Å². The number of para-hydroxylation sites is 1. The van der Waals surface area contributed by atoms with Crippen LogP contribution in [0.4, 0.5) is 5.69 Å². The van der Waals surface area contributed by atoms with Crippen LogP contribution in [-0.4, -0.2) is 72.0 Å². The van der Waals surface area contributed by atoms with Crippen LogP contribution < -0.4 is 16.0 Å². The van der Waals surface area contributed by atoms with Gasteiger partial charge in [0.2, 0.25) is 0 Å². The largest absolute Gasteiger partial charge is 0.443 e. The van der Waals surface area contributed by atoms with Crippen molar-refractivity contribution in [3.8, 4) is 0 Å². The zero-order valence-electron chi connectivity index (χ0n) is 29.3. The van der Waals surface area contributed by atoms with E-state index in [4.69, 9.17) is 16.3 Å². The van der Waals surface area contributed by atoms with Crippen LogP contribution in [0.1, 0.15) is 53.9 Å². The number of nitrogens with one attached hydrogen (secondary N) is 3. The predicted octanol–water partition coefficient (Wildman–Crippen LogP) is 7.75. The molecular weight excluding hydrogens is 574 g/mol. The van der Waals surface area contributed by atoms with Crippen molar-refractivity contribution in [2.45, 2.75) is 53.9 Å². The van der Waals surface area contributed by atoms with E-state index in [0.717, 1.165) is 41.9 Å². The van der Waals surface area contributed by atoms with Gasteiger partial charge < -0.3 is 30.3 Å². The summed E-state index contributed by atoms with van der Waals surface area (Å²) >= 11 is 4.96. The molecule has 0 spiro atoms. The van der Waals surface area contributed by atoms with Gasteiger partial charge in [0.05, 0.1) is 5.70 Å². The third-order valence-corrected chi connectivity index (χ3v) is 5.92. The lowest BCUT2D eigenvalue weighted by Crippen LogP contribution is -2.27. The fraction of sp³-hybridized carbons (Fsp3) is 0.486. The normalized spacial score (nSPS) is 11.6. The Morgan fingerprint density at radius 2 is 1.68 bits per heavy atom. The number of nitrogens with zero attached hydrogens (tertiary/aromatic N) is 2. The Labute approximate surface area is 274 Å². The molecule has 0 heterocycles. The summed E-state index contributed by atoms with van der Waals surface area (Å²) in [4.78, 5) is 18.0. The summed E-state index contributed by atoms with van der Waals surface area (Å²) in [5.74, 6) is 1.11. The van der Waals surface area contributed by atoms with E-state index in [0.29, 0.717) is 36.3 Å². The number of carbonyl (C=O) groups is 1. The number of hydrogen-bond donors (Lipinski definition) is 3. The molecule has 0 aliphatic heterocycles. The molecule has 3 N–H and O–H groups in total. The molecule has 1 aromatic carbocycles. The first-order valence-electron chi connectivity index (χ1n) is 14.7. The summed E-state index contributed by atoms with van der Waals surface area (Å²) in [6, 6.07) is 10.4. The van der Waals surface area contributed by atoms with E-state index in [-0.39, 0.29) is 5.41 Å². The number of rotatable bonds is 16. The highest BCUT2D eigenvalue weighted by Crippen LogP contribution is 2.30. The van der Waals surface area contributed by atoms with E-state index < -0.39 is 0 Å². The first-order valence-corrected chi connectivity index (χ1v) is 15.3. The van der Waals surface area contributed by atoms with Gasteiger partial charge in [0, 0.05) is 70.3 Å². The number of anilines is 1. The maximum Gasteiger partial charge on any atom is 0.190 e. The molecule has 0 unspecified atom stereocenters. The minimum absolute atomic E-state index is 0.194. The van der Waals surface area contributed by atoms with Crippen molar-refractivity contribution in [2.24, 2.45) is 10.4 Å². The summed E-state index contributed by atoms with van der Waals surface area (Å²) in [5, 5.41) is 9.33. The molecule has 9 heteroatoms. The highest BCUT2D eigenvalue weighted by Gasteiger charge is 2.24. The predicted molar refractivity (Wildman–Crippen MR) is 193 cm³/mol. The molecule has 0 aromatic heterocycles. The van der Waals surface area contributed by atoms with Gasteiger partial charge in [-0.3, -0.25) is 9.79 Å². The van der Waals surface area contributed by atoms with Crippen LogP contribution in [0.2, 0.25) is 0 Å². The first-order chi connectivity index (χ1) is 20.9. The second-order valence-corrected chi connectivity index (χ2v) is 10.4. The van der Waals surface area contributed by atoms with Crippen molar-refractivity contribution < 1.29 is 14.3 Å². The molecule has 8 nitrogen and oxygen atoms in total. The van der Waals surface area contributed by atoms with Gasteiger partial charge in [-0.05, 0) is 45.0 Å². The zero-order chi connectivity index (χ0) is 34.6. The number of alkyl halides is 1. The summed E-state index contributed by atoms with van der Waals surface area (Å²) < 4.78 is 10.2. The molecule has 0 saturated heterocycles. The van der Waals surface area contributed by atoms with Crippen molar-refractivity contribution in [1.29, 1.82) is 0 Å². The van der Waals surface area contributed by atoms with E-state index in [9.17, 15) is 4.79 Å². The number of hydrogen-bond acceptors (Lipinski definition) is 8. The van der Waals surface area contributed by atoms with E-state index >= 15 is 0 Å². The Kier molecular flexibility index (Phi) is 29.2. The average Bonchev–Trinajstić information content (AvgIpc) is 3.02. The monoisotopic (exact) mass is 633 g/mol. The highest BCUT2D eigenvalue weighted by atomic mass is 35.5. The Bertz CT molecular complexity index is 1030. The molecule has 250 valence electrons. The number of allylic oxidation sites excluding steroid dienone is 4. The Hall–Kier alpha value is -3.33. The first kappa shape index (κ1) is 45.1. The SMILES string of the molecule is C=C/C(=C\C)C(=C)OC(CC(C)(C)CC(=C)N/C(C=O)=C(\CCN(C)C)NC)=NC.CC.CNc1ccccc1.COCCl. The molecule has 1 aromatic rings. The maximum atomic E-state index is 11.6. The van der Waals surface area contributed by atoms with Crippen molar-refractivity contribution in [3.63, 3.8) is 0 Å². The highest BCUT2D eigenvalue weighted by molar-refractivity contribution is 6.17. The Balaban J connectivity index is -0.000000981. The molecule has 0 radical (unpaired) electrons. The lowest BCUT2D eigenvalue weighted by molar-refractivity contribution is -0.105. The number of methoxy groups -OCH3 is 1. The summed E-state index contributed by atoms with van der Waals surface area (Å²) in [6.45, 7) is 22.8. The molecule has 0 amide bonds. The molecule has 0 bridgehead atoms. The minimum Gasteiger partial charge on any atom is -0.443 e. The topological polar surface area (TPSA) is 87.2 Å². The van der Waals surface area contributed by atoms with Crippen LogP contribution in [-0.2, 0) is 14.3 Å². The Morgan fingerprint density at radius 3 is 2.05 bits per heavy atom. The van der Waals surface area contributed by atoms with Gasteiger partial charge in [0.25, 0.3) is 0 Å². The summed E-state index contributed by atoms with van der Waals surface area (Å²) in [6.07, 6.45) is 6.40. The third-order valence-electron chi connectivity index (χ3n) is 5.70. The van der Waals surface area contributed by atoms with Crippen molar-refractivity contribution in [1.82, 2.24) is 15.5 Å². The van der Waals surface area contributed by atoms with Crippen LogP contribution in [0, 0.1) is 5.41 Å². The van der Waals surface area contributed by atoms with Crippen LogP contribution in [0.5, 0.6) is 0 Å². The van der Waals surface area contributed by atoms with E-state index in [1.807, 2.05) is 85.4 Å². The number of ether oxygens (including phenoxy) is 2. The summed E-state index contributed by atoms with van der Waals surface area (Å²) in [5.41, 5.74) is 3.93. The van der Waals surface area contributed by atoms with Crippen molar-refractivity contribution in [3.05, 3.63) is 90.6 Å². The lowest BCUT2D eigenvalue weighted by Gasteiger charge is -2.27. The van der Waals surface area contributed by atoms with Crippen LogP contribution in [0.3, 0.4) is 0 Å². The number of carbonyl (C=O) groups excluding carboxylic acids is 1. The average molecular weight is 634 g/mol. The molecule has 44 heavy (non-hydrogen) atoms. The van der Waals surface area contributed by atoms with E-state index in [2.05, 4.69) is 64.2 Å². The summed E-state index contributed by atoms with van der Waals surface area (Å²) in [7, 11) is 11.0. The van der Waals surface area contributed by atoms with Crippen LogP contribution in [0.25, 0.3) is 0 Å². The standard InChI is InChI=1S/C24H40N4O2.C7H9N.C2H5ClO.C2H6/c1-11-20(12-2)19(4)30-23(26-8)16-24(5,6)15-18(3)27-22(17-29)21(25-7)13-14-28(9)10;1-8-7-5-3-2-4-6-7;1-4-2-3;1-2/h11-12,17,25,27H,1,3-4,13-16H2,2,5-10H3;2-6,8H,1H3;2H2,1H3;1-2H3/b20-12+,22-21+,26-23?;;;. The number of benzene rings is 1. The minimum atomic E-state index is -0.194. The van der Waals surface area contributed by atoms with Gasteiger partial charge in [0.15, 0.2) is 12.2 Å². The lowest BCUT2D eigenvalue weighted by atomic mass is 9.84. The molecule has 1 rings (SSSR count). The smallest absolute Gasteiger partial charge is 0.190 e. The third kappa shape index (κ3) is 23.2. The fourth-order valence-electron chi connectivity index (χ4n) is 3.55. The molecule has 0 atom stereocenters. The second kappa shape index (κ2) is 28.4. The molecule has 0 aliphatic rings. The second-order valence-electron chi connectivity index (χ2n) is 10.2. The quantitative estimate of drug-likeness (QED) is 0.0326. The van der Waals surface area contributed by atoms with E-state index in [1.165, 1.54) is 0 Å². The van der Waals surface area contributed by atoms with Gasteiger partial charge in [0.1, 0.15) is 11.8 Å². The number of aldehydes is 1. The van der Waals surface area contributed by atoms with Gasteiger partial charge >= 0.3 is 0 Å². The molecule has 0 saturated carbocycles. The maximum absolute atomic E-state index is 11.6. The van der Waals surface area contributed by atoms with Crippen LogP contribution >= 0.6 is 11.6 Å². The molecule has 0 fully saturated rings. The molecule has 0 aliphatic carbocycles. The van der Waals surface area contributed by atoms with Crippen molar-refractivity contribution >= 4 is 29.5 Å². The van der Waals surface area contributed by atoms with Gasteiger partial charge in [-0.1, -0.05) is 89.4 Å². The molecular formula is C35H60ClN5O3.